The molecule has 2 aromatic heterocycles. The Morgan fingerprint density at radius 2 is 2.07 bits per heavy atom. The molecular formula is C21H21N5O. The van der Waals surface area contributed by atoms with Gasteiger partial charge in [-0.05, 0) is 25.8 Å². The normalized spacial score (nSPS) is 16.9. The van der Waals surface area contributed by atoms with Crippen molar-refractivity contribution < 1.29 is 4.79 Å². The standard InChI is InChI=1S/C21H21N5O/c1-15-4-2-5-16(10-15)18-11-23-12-19(25-18)17-6-3-9-26(14-17)21(27)20-13-22-7-8-24-20/h2,4-5,7-8,10-13,17H,3,6,9,14H2,1H3/t17-/m1/s1. The third kappa shape index (κ3) is 3.84. The first-order valence-corrected chi connectivity index (χ1v) is 9.15. The molecule has 0 bridgehead atoms. The summed E-state index contributed by atoms with van der Waals surface area (Å²) in [5.41, 5.74) is 4.45. The first-order valence-electron chi connectivity index (χ1n) is 9.15. The maximum absolute atomic E-state index is 12.7. The van der Waals surface area contributed by atoms with Crippen molar-refractivity contribution in [1.82, 2.24) is 24.8 Å². The van der Waals surface area contributed by atoms with E-state index in [9.17, 15) is 4.79 Å². The van der Waals surface area contributed by atoms with E-state index in [0.717, 1.165) is 36.3 Å². The molecule has 0 saturated carbocycles. The topological polar surface area (TPSA) is 71.9 Å². The number of hydrogen-bond donors (Lipinski definition) is 0. The van der Waals surface area contributed by atoms with Crippen LogP contribution in [0, 0.1) is 6.92 Å². The first kappa shape index (κ1) is 17.3. The molecule has 1 amide bonds. The number of nitrogens with zero attached hydrogens (tertiary/aromatic N) is 5. The number of carbonyl (C=O) groups is 1. The van der Waals surface area contributed by atoms with E-state index < -0.39 is 0 Å². The third-order valence-electron chi connectivity index (χ3n) is 4.88. The molecule has 4 rings (SSSR count). The van der Waals surface area contributed by atoms with E-state index in [1.807, 2.05) is 23.2 Å². The number of likely N-dealkylation sites (tertiary alicyclic amines) is 1. The maximum Gasteiger partial charge on any atom is 0.274 e. The lowest BCUT2D eigenvalue weighted by atomic mass is 9.94. The van der Waals surface area contributed by atoms with E-state index in [1.54, 1.807) is 18.6 Å². The Balaban J connectivity index is 1.55. The van der Waals surface area contributed by atoms with Gasteiger partial charge in [-0.3, -0.25) is 14.8 Å². The van der Waals surface area contributed by atoms with Gasteiger partial charge in [0.25, 0.3) is 5.91 Å². The molecule has 0 radical (unpaired) electrons. The lowest BCUT2D eigenvalue weighted by molar-refractivity contribution is 0.0699. The maximum atomic E-state index is 12.7. The highest BCUT2D eigenvalue weighted by molar-refractivity contribution is 5.92. The molecule has 0 N–H and O–H groups in total. The Kier molecular flexibility index (Phi) is 4.87. The molecule has 1 fully saturated rings. The molecule has 0 unspecified atom stereocenters. The van der Waals surface area contributed by atoms with Crippen molar-refractivity contribution in [2.45, 2.75) is 25.7 Å². The van der Waals surface area contributed by atoms with E-state index in [0.29, 0.717) is 12.2 Å². The predicted molar refractivity (Wildman–Crippen MR) is 102 cm³/mol. The fourth-order valence-corrected chi connectivity index (χ4v) is 3.50. The van der Waals surface area contributed by atoms with Crippen LogP contribution < -0.4 is 0 Å². The molecule has 3 heterocycles. The van der Waals surface area contributed by atoms with Crippen molar-refractivity contribution in [1.29, 1.82) is 0 Å². The second-order valence-corrected chi connectivity index (χ2v) is 6.88. The summed E-state index contributed by atoms with van der Waals surface area (Å²) >= 11 is 0. The van der Waals surface area contributed by atoms with E-state index >= 15 is 0 Å². The summed E-state index contributed by atoms with van der Waals surface area (Å²) in [7, 11) is 0. The smallest absolute Gasteiger partial charge is 0.274 e. The van der Waals surface area contributed by atoms with Crippen molar-refractivity contribution >= 4 is 5.91 Å². The Bertz CT molecular complexity index is 944. The van der Waals surface area contributed by atoms with Crippen molar-refractivity contribution in [2.24, 2.45) is 0 Å². The molecule has 1 aromatic carbocycles. The third-order valence-corrected chi connectivity index (χ3v) is 4.88. The monoisotopic (exact) mass is 359 g/mol. The van der Waals surface area contributed by atoms with Gasteiger partial charge in [-0.25, -0.2) is 9.97 Å². The van der Waals surface area contributed by atoms with Crippen LogP contribution in [0.3, 0.4) is 0 Å². The summed E-state index contributed by atoms with van der Waals surface area (Å²) in [6.07, 6.45) is 10.2. The number of hydrogen-bond acceptors (Lipinski definition) is 5. The van der Waals surface area contributed by atoms with Crippen molar-refractivity contribution in [3.8, 4) is 11.3 Å². The van der Waals surface area contributed by atoms with Gasteiger partial charge in [0, 0.05) is 43.2 Å². The lowest BCUT2D eigenvalue weighted by Crippen LogP contribution is -2.39. The summed E-state index contributed by atoms with van der Waals surface area (Å²) in [5.74, 6) is 0.104. The minimum absolute atomic E-state index is 0.0735. The van der Waals surface area contributed by atoms with Crippen LogP contribution in [-0.2, 0) is 0 Å². The Hall–Kier alpha value is -3.15. The summed E-state index contributed by atoms with van der Waals surface area (Å²) in [4.78, 5) is 31.9. The van der Waals surface area contributed by atoms with Crippen LogP contribution in [0.2, 0.25) is 0 Å². The summed E-state index contributed by atoms with van der Waals surface area (Å²) in [6, 6.07) is 8.25. The number of aryl methyl sites for hydroxylation is 1. The summed E-state index contributed by atoms with van der Waals surface area (Å²) in [6.45, 7) is 3.43. The molecule has 0 spiro atoms. The van der Waals surface area contributed by atoms with Crippen molar-refractivity contribution in [3.63, 3.8) is 0 Å². The Morgan fingerprint density at radius 3 is 2.89 bits per heavy atom. The van der Waals surface area contributed by atoms with Crippen molar-refractivity contribution in [3.05, 3.63) is 72.2 Å². The second kappa shape index (κ2) is 7.61. The number of benzene rings is 1. The molecule has 6 nitrogen and oxygen atoms in total. The van der Waals surface area contributed by atoms with E-state index in [4.69, 9.17) is 4.98 Å². The molecule has 6 heteroatoms. The quantitative estimate of drug-likeness (QED) is 0.718. The van der Waals surface area contributed by atoms with Gasteiger partial charge in [-0.15, -0.1) is 0 Å². The lowest BCUT2D eigenvalue weighted by Gasteiger charge is -2.32. The molecule has 1 aliphatic rings. The molecular weight excluding hydrogens is 338 g/mol. The van der Waals surface area contributed by atoms with Gasteiger partial charge in [0.15, 0.2) is 0 Å². The fourth-order valence-electron chi connectivity index (χ4n) is 3.50. The van der Waals surface area contributed by atoms with E-state index in [-0.39, 0.29) is 11.8 Å². The zero-order chi connectivity index (χ0) is 18.6. The molecule has 136 valence electrons. The highest BCUT2D eigenvalue weighted by Crippen LogP contribution is 2.27. The fraction of sp³-hybridized carbons (Fsp3) is 0.286. The van der Waals surface area contributed by atoms with Crippen molar-refractivity contribution in [2.75, 3.05) is 13.1 Å². The minimum Gasteiger partial charge on any atom is -0.337 e. The van der Waals surface area contributed by atoms with Gasteiger partial charge in [0.2, 0.25) is 0 Å². The molecule has 1 saturated heterocycles. The zero-order valence-corrected chi connectivity index (χ0v) is 15.2. The van der Waals surface area contributed by atoms with Gasteiger partial charge >= 0.3 is 0 Å². The van der Waals surface area contributed by atoms with Crippen LogP contribution in [0.1, 0.15) is 40.5 Å². The average Bonchev–Trinajstić information content (AvgIpc) is 2.74. The largest absolute Gasteiger partial charge is 0.337 e. The Morgan fingerprint density at radius 1 is 1.15 bits per heavy atom. The van der Waals surface area contributed by atoms with Gasteiger partial charge in [0.1, 0.15) is 5.69 Å². The van der Waals surface area contributed by atoms with Crippen LogP contribution in [0.4, 0.5) is 0 Å². The number of aromatic nitrogens is 4. The van der Waals surface area contributed by atoms with Gasteiger partial charge < -0.3 is 4.90 Å². The molecule has 1 atom stereocenters. The van der Waals surface area contributed by atoms with Gasteiger partial charge in [-0.1, -0.05) is 23.8 Å². The molecule has 0 aliphatic carbocycles. The number of carbonyl (C=O) groups excluding carboxylic acids is 1. The molecule has 3 aromatic rings. The highest BCUT2D eigenvalue weighted by atomic mass is 16.2. The Labute approximate surface area is 158 Å². The van der Waals surface area contributed by atoms with E-state index in [2.05, 4.69) is 34.0 Å². The SMILES string of the molecule is Cc1cccc(-c2cncc([C@@H]3CCCN(C(=O)c4cnccn4)C3)n2)c1. The van der Waals surface area contributed by atoms with Gasteiger partial charge in [-0.2, -0.15) is 0 Å². The van der Waals surface area contributed by atoms with E-state index in [1.165, 1.54) is 11.8 Å². The van der Waals surface area contributed by atoms with Crippen LogP contribution in [-0.4, -0.2) is 43.8 Å². The van der Waals surface area contributed by atoms with Crippen LogP contribution in [0.25, 0.3) is 11.3 Å². The number of piperidine rings is 1. The minimum atomic E-state index is -0.0735. The highest BCUT2D eigenvalue weighted by Gasteiger charge is 2.27. The molecule has 1 aliphatic heterocycles. The van der Waals surface area contributed by atoms with Crippen LogP contribution in [0.15, 0.2) is 55.2 Å². The van der Waals surface area contributed by atoms with Gasteiger partial charge in [0.05, 0.1) is 23.8 Å². The number of rotatable bonds is 3. The number of amides is 1. The predicted octanol–water partition coefficient (Wildman–Crippen LogP) is 3.26. The zero-order valence-electron chi connectivity index (χ0n) is 15.2. The summed E-state index contributed by atoms with van der Waals surface area (Å²) in [5, 5.41) is 0. The molecule has 27 heavy (non-hydrogen) atoms. The average molecular weight is 359 g/mol. The second-order valence-electron chi connectivity index (χ2n) is 6.88. The summed E-state index contributed by atoms with van der Waals surface area (Å²) < 4.78 is 0. The first-order chi connectivity index (χ1) is 13.2. The van der Waals surface area contributed by atoms with Crippen LogP contribution >= 0.6 is 0 Å². The van der Waals surface area contributed by atoms with Crippen LogP contribution in [0.5, 0.6) is 0 Å².